The van der Waals surface area contributed by atoms with Crippen molar-refractivity contribution < 1.29 is 9.90 Å². The van der Waals surface area contributed by atoms with Crippen LogP contribution in [0, 0.1) is 0 Å². The highest BCUT2D eigenvalue weighted by molar-refractivity contribution is 5.94. The molecule has 1 atom stereocenters. The Kier molecular flexibility index (Phi) is 3.62. The molecule has 4 nitrogen and oxygen atoms in total. The van der Waals surface area contributed by atoms with Gasteiger partial charge in [0.15, 0.2) is 0 Å². The largest absolute Gasteiger partial charge is 0.508 e. The first-order chi connectivity index (χ1) is 10.2. The van der Waals surface area contributed by atoms with Gasteiger partial charge in [0.1, 0.15) is 5.75 Å². The molecule has 0 saturated carbocycles. The van der Waals surface area contributed by atoms with Crippen LogP contribution in [0.1, 0.15) is 27.5 Å². The van der Waals surface area contributed by atoms with E-state index < -0.39 is 0 Å². The molecule has 2 aromatic carbocycles. The molecule has 0 saturated heterocycles. The van der Waals surface area contributed by atoms with E-state index in [0.29, 0.717) is 18.7 Å². The topological polar surface area (TPSA) is 66.6 Å². The molecule has 1 aliphatic heterocycles. The number of carbonyl (C=O) groups excluding carboxylic acids is 1. The molecule has 4 heteroatoms. The van der Waals surface area contributed by atoms with Crippen LogP contribution < -0.4 is 5.73 Å². The number of carbonyl (C=O) groups is 1. The Balaban J connectivity index is 1.92. The van der Waals surface area contributed by atoms with Gasteiger partial charge in [0, 0.05) is 18.7 Å². The number of phenols is 1. The molecule has 0 spiro atoms. The van der Waals surface area contributed by atoms with E-state index in [0.717, 1.165) is 12.0 Å². The number of aromatic hydroxyl groups is 1. The van der Waals surface area contributed by atoms with Gasteiger partial charge in [0.25, 0.3) is 5.91 Å². The Morgan fingerprint density at radius 1 is 1.19 bits per heavy atom. The van der Waals surface area contributed by atoms with Crippen molar-refractivity contribution in [2.75, 3.05) is 13.1 Å². The second-order valence-electron chi connectivity index (χ2n) is 5.25. The van der Waals surface area contributed by atoms with Crippen LogP contribution in [0.5, 0.6) is 5.75 Å². The lowest BCUT2D eigenvalue weighted by Gasteiger charge is -2.36. The molecule has 0 radical (unpaired) electrons. The minimum absolute atomic E-state index is 0.0417. The summed E-state index contributed by atoms with van der Waals surface area (Å²) in [4.78, 5) is 14.5. The molecule has 2 aromatic rings. The predicted octanol–water partition coefficient (Wildman–Crippen LogP) is 2.09. The third-order valence-corrected chi connectivity index (χ3v) is 4.01. The lowest BCUT2D eigenvalue weighted by Crippen LogP contribution is -2.43. The zero-order valence-corrected chi connectivity index (χ0v) is 11.7. The second-order valence-corrected chi connectivity index (χ2v) is 5.25. The summed E-state index contributed by atoms with van der Waals surface area (Å²) in [7, 11) is 0. The number of benzene rings is 2. The van der Waals surface area contributed by atoms with Crippen LogP contribution in [0.15, 0.2) is 48.5 Å². The highest BCUT2D eigenvalue weighted by atomic mass is 16.3. The Morgan fingerprint density at radius 2 is 1.90 bits per heavy atom. The number of rotatable bonds is 2. The zero-order chi connectivity index (χ0) is 14.8. The number of hydrogen-bond acceptors (Lipinski definition) is 3. The number of phenolic OH excluding ortho intramolecular Hbond substituents is 1. The van der Waals surface area contributed by atoms with Crippen LogP contribution in [-0.4, -0.2) is 29.0 Å². The fourth-order valence-corrected chi connectivity index (χ4v) is 2.92. The Bertz CT molecular complexity index is 652. The monoisotopic (exact) mass is 282 g/mol. The minimum Gasteiger partial charge on any atom is -0.508 e. The molecular formula is C17H18N2O2. The molecule has 0 fully saturated rings. The lowest BCUT2D eigenvalue weighted by molar-refractivity contribution is 0.0668. The van der Waals surface area contributed by atoms with E-state index in [2.05, 4.69) is 6.07 Å². The summed E-state index contributed by atoms with van der Waals surface area (Å²) in [5.41, 5.74) is 8.89. The fourth-order valence-electron chi connectivity index (χ4n) is 2.92. The van der Waals surface area contributed by atoms with Gasteiger partial charge < -0.3 is 15.7 Å². The predicted molar refractivity (Wildman–Crippen MR) is 81.1 cm³/mol. The van der Waals surface area contributed by atoms with Crippen molar-refractivity contribution in [1.82, 2.24) is 4.90 Å². The fraction of sp³-hybridized carbons (Fsp3) is 0.235. The summed E-state index contributed by atoms with van der Waals surface area (Å²) in [6.45, 7) is 1.07. The van der Waals surface area contributed by atoms with Crippen molar-refractivity contribution in [2.45, 2.75) is 12.5 Å². The molecule has 1 unspecified atom stereocenters. The summed E-state index contributed by atoms with van der Waals surface area (Å²) in [6, 6.07) is 14.4. The number of nitrogens with zero attached hydrogens (tertiary/aromatic N) is 1. The molecule has 0 bridgehead atoms. The summed E-state index contributed by atoms with van der Waals surface area (Å²) >= 11 is 0. The van der Waals surface area contributed by atoms with Crippen molar-refractivity contribution in [3.63, 3.8) is 0 Å². The van der Waals surface area contributed by atoms with Crippen molar-refractivity contribution in [3.05, 3.63) is 65.2 Å². The first kappa shape index (κ1) is 13.6. The van der Waals surface area contributed by atoms with E-state index in [1.165, 1.54) is 17.7 Å². The second kappa shape index (κ2) is 5.58. The average molecular weight is 282 g/mol. The Morgan fingerprint density at radius 3 is 2.62 bits per heavy atom. The maximum atomic E-state index is 12.7. The van der Waals surface area contributed by atoms with Gasteiger partial charge in [-0.3, -0.25) is 4.79 Å². The van der Waals surface area contributed by atoms with Gasteiger partial charge in [-0.2, -0.15) is 0 Å². The van der Waals surface area contributed by atoms with Crippen LogP contribution in [0.4, 0.5) is 0 Å². The third-order valence-electron chi connectivity index (χ3n) is 4.01. The van der Waals surface area contributed by atoms with E-state index in [4.69, 9.17) is 5.73 Å². The SMILES string of the molecule is NCC1c2ccccc2CCN1C(=O)c1ccc(O)cc1. The standard InChI is InChI=1S/C17H18N2O2/c18-11-16-15-4-2-1-3-12(15)9-10-19(16)17(21)13-5-7-14(20)8-6-13/h1-8,16,20H,9-11,18H2. The van der Waals surface area contributed by atoms with E-state index in [9.17, 15) is 9.90 Å². The number of nitrogens with two attached hydrogens (primary N) is 1. The quantitative estimate of drug-likeness (QED) is 0.886. The van der Waals surface area contributed by atoms with Crippen molar-refractivity contribution >= 4 is 5.91 Å². The van der Waals surface area contributed by atoms with E-state index in [1.54, 1.807) is 12.1 Å². The average Bonchev–Trinajstić information content (AvgIpc) is 2.53. The van der Waals surface area contributed by atoms with Gasteiger partial charge in [0.2, 0.25) is 0 Å². The van der Waals surface area contributed by atoms with Gasteiger partial charge >= 0.3 is 0 Å². The van der Waals surface area contributed by atoms with E-state index >= 15 is 0 Å². The van der Waals surface area contributed by atoms with Gasteiger partial charge in [-0.1, -0.05) is 24.3 Å². The molecule has 3 N–H and O–H groups in total. The van der Waals surface area contributed by atoms with Gasteiger partial charge in [0.05, 0.1) is 6.04 Å². The van der Waals surface area contributed by atoms with Gasteiger partial charge in [-0.05, 0) is 41.8 Å². The molecular weight excluding hydrogens is 264 g/mol. The summed E-state index contributed by atoms with van der Waals surface area (Å²) in [5, 5.41) is 9.33. The molecule has 108 valence electrons. The molecule has 0 aliphatic carbocycles. The Labute approximate surface area is 123 Å². The number of fused-ring (bicyclic) bond motifs is 1. The third kappa shape index (κ3) is 2.50. The lowest BCUT2D eigenvalue weighted by atomic mass is 9.92. The first-order valence-corrected chi connectivity index (χ1v) is 7.08. The molecule has 1 heterocycles. The highest BCUT2D eigenvalue weighted by Gasteiger charge is 2.30. The smallest absolute Gasteiger partial charge is 0.254 e. The molecule has 1 aliphatic rings. The van der Waals surface area contributed by atoms with Crippen molar-refractivity contribution in [1.29, 1.82) is 0 Å². The van der Waals surface area contributed by atoms with Crippen LogP contribution in [-0.2, 0) is 6.42 Å². The van der Waals surface area contributed by atoms with E-state index in [1.807, 2.05) is 23.1 Å². The number of hydrogen-bond donors (Lipinski definition) is 2. The van der Waals surface area contributed by atoms with Crippen LogP contribution in [0.2, 0.25) is 0 Å². The van der Waals surface area contributed by atoms with E-state index in [-0.39, 0.29) is 17.7 Å². The summed E-state index contributed by atoms with van der Waals surface area (Å²) in [6.07, 6.45) is 0.844. The maximum absolute atomic E-state index is 12.7. The minimum atomic E-state index is -0.0868. The summed E-state index contributed by atoms with van der Waals surface area (Å²) in [5.74, 6) is 0.117. The van der Waals surface area contributed by atoms with Crippen molar-refractivity contribution in [2.24, 2.45) is 5.73 Å². The van der Waals surface area contributed by atoms with Crippen LogP contribution >= 0.6 is 0 Å². The maximum Gasteiger partial charge on any atom is 0.254 e. The number of amides is 1. The molecule has 21 heavy (non-hydrogen) atoms. The molecule has 1 amide bonds. The molecule has 0 aromatic heterocycles. The van der Waals surface area contributed by atoms with Gasteiger partial charge in [-0.25, -0.2) is 0 Å². The highest BCUT2D eigenvalue weighted by Crippen LogP contribution is 2.30. The van der Waals surface area contributed by atoms with Crippen LogP contribution in [0.25, 0.3) is 0 Å². The zero-order valence-electron chi connectivity index (χ0n) is 11.7. The Hall–Kier alpha value is -2.33. The summed E-state index contributed by atoms with van der Waals surface area (Å²) < 4.78 is 0. The van der Waals surface area contributed by atoms with Crippen molar-refractivity contribution in [3.8, 4) is 5.75 Å². The molecule has 3 rings (SSSR count). The van der Waals surface area contributed by atoms with Gasteiger partial charge in [-0.15, -0.1) is 0 Å². The normalized spacial score (nSPS) is 17.4. The first-order valence-electron chi connectivity index (χ1n) is 7.08. The van der Waals surface area contributed by atoms with Crippen LogP contribution in [0.3, 0.4) is 0 Å².